The molecule has 0 unspecified atom stereocenters. The summed E-state index contributed by atoms with van der Waals surface area (Å²) in [6, 6.07) is 12.0. The summed E-state index contributed by atoms with van der Waals surface area (Å²) in [5, 5.41) is 3.22. The van der Waals surface area contributed by atoms with Gasteiger partial charge in [0.15, 0.2) is 5.82 Å². The van der Waals surface area contributed by atoms with Crippen LogP contribution in [0.3, 0.4) is 0 Å². The summed E-state index contributed by atoms with van der Waals surface area (Å²) in [5.41, 5.74) is 3.16. The number of hydrogen-bond donors (Lipinski definition) is 1. The number of pyridine rings is 2. The molecule has 0 aliphatic carbocycles. The van der Waals surface area contributed by atoms with Crippen LogP contribution in [0.5, 0.6) is 0 Å². The third-order valence-electron chi connectivity index (χ3n) is 3.44. The van der Waals surface area contributed by atoms with Crippen molar-refractivity contribution < 1.29 is 0 Å². The van der Waals surface area contributed by atoms with Crippen LogP contribution < -0.4 is 10.2 Å². The van der Waals surface area contributed by atoms with E-state index in [-0.39, 0.29) is 0 Å². The van der Waals surface area contributed by atoms with Crippen LogP contribution in [0, 0.1) is 0 Å². The lowest BCUT2D eigenvalue weighted by atomic mass is 10.3. The minimum atomic E-state index is 0.738. The van der Waals surface area contributed by atoms with Gasteiger partial charge in [-0.3, -0.25) is 4.98 Å². The van der Waals surface area contributed by atoms with Crippen molar-refractivity contribution in [2.75, 3.05) is 19.0 Å². The summed E-state index contributed by atoms with van der Waals surface area (Å²) in [7, 11) is 4.00. The molecule has 1 N–H and O–H groups in total. The molecular weight excluding hydrogens is 262 g/mol. The zero-order valence-electron chi connectivity index (χ0n) is 12.3. The van der Waals surface area contributed by atoms with E-state index < -0.39 is 0 Å². The van der Waals surface area contributed by atoms with Gasteiger partial charge in [-0.25, -0.2) is 4.98 Å². The molecule has 0 saturated heterocycles. The van der Waals surface area contributed by atoms with E-state index >= 15 is 0 Å². The molecule has 3 rings (SSSR count). The standard InChI is InChI=1S/C16H19N5/c1-17-11-14-16(19-15-8-4-6-10-21(14)15)20(2)12-13-7-3-5-9-18-13/h3-10,17H,11-12H2,1-2H3. The largest absolute Gasteiger partial charge is 0.352 e. The molecule has 0 aliphatic heterocycles. The van der Waals surface area contributed by atoms with Crippen molar-refractivity contribution in [3.63, 3.8) is 0 Å². The number of fused-ring (bicyclic) bond motifs is 1. The highest BCUT2D eigenvalue weighted by molar-refractivity contribution is 5.55. The van der Waals surface area contributed by atoms with Gasteiger partial charge >= 0.3 is 0 Å². The highest BCUT2D eigenvalue weighted by atomic mass is 15.2. The Kier molecular flexibility index (Phi) is 3.83. The van der Waals surface area contributed by atoms with Gasteiger partial charge in [-0.05, 0) is 31.3 Å². The smallest absolute Gasteiger partial charge is 0.152 e. The third kappa shape index (κ3) is 2.73. The van der Waals surface area contributed by atoms with Gasteiger partial charge in [-0.2, -0.15) is 0 Å². The number of aromatic nitrogens is 3. The first-order valence-corrected chi connectivity index (χ1v) is 7.01. The maximum absolute atomic E-state index is 4.75. The van der Waals surface area contributed by atoms with Crippen molar-refractivity contribution in [3.05, 3.63) is 60.2 Å². The minimum absolute atomic E-state index is 0.738. The number of rotatable bonds is 5. The number of nitrogens with one attached hydrogen (secondary N) is 1. The van der Waals surface area contributed by atoms with Crippen molar-refractivity contribution in [3.8, 4) is 0 Å². The van der Waals surface area contributed by atoms with Gasteiger partial charge in [-0.15, -0.1) is 0 Å². The molecule has 21 heavy (non-hydrogen) atoms. The number of nitrogens with zero attached hydrogens (tertiary/aromatic N) is 4. The fourth-order valence-electron chi connectivity index (χ4n) is 2.48. The number of anilines is 1. The Morgan fingerprint density at radius 2 is 2.05 bits per heavy atom. The van der Waals surface area contributed by atoms with Gasteiger partial charge in [0.05, 0.1) is 17.9 Å². The van der Waals surface area contributed by atoms with Crippen molar-refractivity contribution in [1.82, 2.24) is 19.7 Å². The second-order valence-corrected chi connectivity index (χ2v) is 5.02. The number of hydrogen-bond acceptors (Lipinski definition) is 4. The second kappa shape index (κ2) is 5.93. The molecule has 0 amide bonds. The Morgan fingerprint density at radius 1 is 1.19 bits per heavy atom. The monoisotopic (exact) mass is 281 g/mol. The van der Waals surface area contributed by atoms with E-state index in [1.807, 2.05) is 55.8 Å². The Balaban J connectivity index is 1.96. The van der Waals surface area contributed by atoms with Gasteiger partial charge < -0.3 is 14.6 Å². The topological polar surface area (TPSA) is 45.5 Å². The Labute approximate surface area is 124 Å². The summed E-state index contributed by atoms with van der Waals surface area (Å²) in [6.45, 7) is 1.51. The Bertz CT molecular complexity index is 720. The molecule has 0 atom stereocenters. The molecule has 3 heterocycles. The lowest BCUT2D eigenvalue weighted by molar-refractivity contribution is 0.768. The molecule has 0 spiro atoms. The SMILES string of the molecule is CNCc1c(N(C)Cc2ccccn2)nc2ccccn12. The predicted octanol–water partition coefficient (Wildman–Crippen LogP) is 2.09. The highest BCUT2D eigenvalue weighted by Crippen LogP contribution is 2.21. The first-order chi connectivity index (χ1) is 10.3. The van der Waals surface area contributed by atoms with Crippen LogP contribution in [0.2, 0.25) is 0 Å². The summed E-state index contributed by atoms with van der Waals surface area (Å²) in [4.78, 5) is 11.3. The van der Waals surface area contributed by atoms with Crippen molar-refractivity contribution in [2.45, 2.75) is 13.1 Å². The predicted molar refractivity (Wildman–Crippen MR) is 84.3 cm³/mol. The molecule has 0 radical (unpaired) electrons. The molecule has 3 aromatic rings. The van der Waals surface area contributed by atoms with Gasteiger partial charge in [0.1, 0.15) is 5.65 Å². The maximum atomic E-state index is 4.75. The van der Waals surface area contributed by atoms with Crippen LogP contribution >= 0.6 is 0 Å². The minimum Gasteiger partial charge on any atom is -0.352 e. The average molecular weight is 281 g/mol. The van der Waals surface area contributed by atoms with Crippen molar-refractivity contribution in [1.29, 1.82) is 0 Å². The summed E-state index contributed by atoms with van der Waals surface area (Å²) in [5.74, 6) is 0.987. The summed E-state index contributed by atoms with van der Waals surface area (Å²) in [6.07, 6.45) is 3.87. The normalized spacial score (nSPS) is 11.0. The molecule has 0 aliphatic rings. The first-order valence-electron chi connectivity index (χ1n) is 7.01. The summed E-state index contributed by atoms with van der Waals surface area (Å²) < 4.78 is 2.13. The van der Waals surface area contributed by atoms with E-state index in [4.69, 9.17) is 4.98 Å². The molecule has 0 bridgehead atoms. The first kappa shape index (κ1) is 13.6. The van der Waals surface area contributed by atoms with Crippen molar-refractivity contribution in [2.24, 2.45) is 0 Å². The van der Waals surface area contributed by atoms with E-state index in [2.05, 4.69) is 26.6 Å². The molecule has 5 heteroatoms. The van der Waals surface area contributed by atoms with Crippen LogP contribution in [0.25, 0.3) is 5.65 Å². The van der Waals surface area contributed by atoms with Crippen LogP contribution in [-0.2, 0) is 13.1 Å². The molecule has 0 aromatic carbocycles. The second-order valence-electron chi connectivity index (χ2n) is 5.02. The lowest BCUT2D eigenvalue weighted by Crippen LogP contribution is -2.20. The molecule has 0 saturated carbocycles. The third-order valence-corrected chi connectivity index (χ3v) is 3.44. The lowest BCUT2D eigenvalue weighted by Gasteiger charge is -2.18. The fourth-order valence-corrected chi connectivity index (χ4v) is 2.48. The maximum Gasteiger partial charge on any atom is 0.152 e. The molecule has 108 valence electrons. The van der Waals surface area contributed by atoms with E-state index in [0.29, 0.717) is 0 Å². The average Bonchev–Trinajstić information content (AvgIpc) is 2.88. The van der Waals surface area contributed by atoms with Crippen LogP contribution in [0.1, 0.15) is 11.4 Å². The Hall–Kier alpha value is -2.40. The number of imidazole rings is 1. The van der Waals surface area contributed by atoms with E-state index in [1.54, 1.807) is 0 Å². The van der Waals surface area contributed by atoms with Gasteiger partial charge in [0.25, 0.3) is 0 Å². The van der Waals surface area contributed by atoms with E-state index in [0.717, 1.165) is 35.9 Å². The van der Waals surface area contributed by atoms with Gasteiger partial charge in [-0.1, -0.05) is 12.1 Å². The summed E-state index contributed by atoms with van der Waals surface area (Å²) >= 11 is 0. The van der Waals surface area contributed by atoms with E-state index in [1.165, 1.54) is 0 Å². The zero-order chi connectivity index (χ0) is 14.7. The molecule has 5 nitrogen and oxygen atoms in total. The zero-order valence-corrected chi connectivity index (χ0v) is 12.3. The van der Waals surface area contributed by atoms with Crippen LogP contribution in [0.4, 0.5) is 5.82 Å². The molecular formula is C16H19N5. The van der Waals surface area contributed by atoms with Crippen LogP contribution in [0.15, 0.2) is 48.8 Å². The quantitative estimate of drug-likeness (QED) is 0.778. The van der Waals surface area contributed by atoms with Crippen molar-refractivity contribution >= 4 is 11.5 Å². The Morgan fingerprint density at radius 3 is 2.81 bits per heavy atom. The van der Waals surface area contributed by atoms with Crippen LogP contribution in [-0.4, -0.2) is 28.5 Å². The fraction of sp³-hybridized carbons (Fsp3) is 0.250. The van der Waals surface area contributed by atoms with E-state index in [9.17, 15) is 0 Å². The molecule has 3 aromatic heterocycles. The highest BCUT2D eigenvalue weighted by Gasteiger charge is 2.15. The van der Waals surface area contributed by atoms with Gasteiger partial charge in [0, 0.05) is 26.0 Å². The molecule has 0 fully saturated rings. The van der Waals surface area contributed by atoms with Gasteiger partial charge in [0.2, 0.25) is 0 Å².